The molecule has 18 heavy (non-hydrogen) atoms. The molecule has 0 atom stereocenters. The smallest absolute Gasteiger partial charge is 0.133 e. The van der Waals surface area contributed by atoms with Crippen LogP contribution in [0.3, 0.4) is 0 Å². The first-order chi connectivity index (χ1) is 8.77. The van der Waals surface area contributed by atoms with Crippen molar-refractivity contribution in [2.75, 3.05) is 19.0 Å². The lowest BCUT2D eigenvalue weighted by atomic mass is 10.2. The molecule has 3 radical (unpaired) electrons. The van der Waals surface area contributed by atoms with Crippen LogP contribution in [-0.4, -0.2) is 29.2 Å². The summed E-state index contributed by atoms with van der Waals surface area (Å²) in [5.41, 5.74) is 1.04. The number of alkyl halides is 1. The van der Waals surface area contributed by atoms with E-state index < -0.39 is 0 Å². The van der Waals surface area contributed by atoms with Gasteiger partial charge in [-0.2, -0.15) is 0 Å². The Hall–Kier alpha value is 0.317. The molecule has 0 aliphatic heterocycles. The second-order valence-electron chi connectivity index (χ2n) is 3.49. The van der Waals surface area contributed by atoms with Crippen molar-refractivity contribution in [1.29, 1.82) is 0 Å². The van der Waals surface area contributed by atoms with Crippen molar-refractivity contribution in [3.05, 3.63) is 28.2 Å². The highest BCUT2D eigenvalue weighted by molar-refractivity contribution is 9.10. The molecule has 1 aromatic carbocycles. The molecule has 99 valence electrons. The van der Waals surface area contributed by atoms with Crippen LogP contribution < -0.4 is 4.74 Å². The average molecular weight is 367 g/mol. The highest BCUT2D eigenvalue weighted by Gasteiger charge is 2.02. The fourth-order valence-electron chi connectivity index (χ4n) is 1.18. The summed E-state index contributed by atoms with van der Waals surface area (Å²) in [5, 5.41) is 0. The highest BCUT2D eigenvalue weighted by atomic mass is 79.9. The molecule has 2 nitrogen and oxygen atoms in total. The second-order valence-corrected chi connectivity index (χ2v) is 6.00. The molecular formula is C12H15BrClO2SSi. The van der Waals surface area contributed by atoms with Gasteiger partial charge >= 0.3 is 0 Å². The topological polar surface area (TPSA) is 18.5 Å². The summed E-state index contributed by atoms with van der Waals surface area (Å²) < 4.78 is 11.9. The largest absolute Gasteiger partial charge is 0.490 e. The van der Waals surface area contributed by atoms with Gasteiger partial charge in [-0.3, -0.25) is 0 Å². The normalized spacial score (nSPS) is 10.6. The number of ether oxygens (including phenoxy) is 1. The highest BCUT2D eigenvalue weighted by Crippen LogP contribution is 2.26. The van der Waals surface area contributed by atoms with Gasteiger partial charge in [-0.05, 0) is 52.1 Å². The molecule has 0 amide bonds. The van der Waals surface area contributed by atoms with Crippen molar-refractivity contribution in [2.24, 2.45) is 0 Å². The maximum Gasteiger partial charge on any atom is 0.133 e. The van der Waals surface area contributed by atoms with E-state index in [0.29, 0.717) is 19.1 Å². The Morgan fingerprint density at radius 3 is 2.89 bits per heavy atom. The Bertz CT molecular complexity index is 355. The minimum absolute atomic E-state index is 0.488. The molecular weight excluding hydrogens is 352 g/mol. The number of hydrogen-bond donors (Lipinski definition) is 0. The molecule has 0 aliphatic carbocycles. The molecule has 0 saturated heterocycles. The summed E-state index contributed by atoms with van der Waals surface area (Å²) in [6.45, 7) is 1.11. The van der Waals surface area contributed by atoms with Gasteiger partial charge in [0.05, 0.1) is 11.1 Å². The first kappa shape index (κ1) is 16.4. The third-order valence-corrected chi connectivity index (χ3v) is 4.17. The molecule has 0 spiro atoms. The first-order valence-electron chi connectivity index (χ1n) is 5.64. The second kappa shape index (κ2) is 10.1. The van der Waals surface area contributed by atoms with E-state index in [0.717, 1.165) is 34.0 Å². The number of hydrogen-bond acceptors (Lipinski definition) is 3. The van der Waals surface area contributed by atoms with E-state index in [4.69, 9.17) is 20.5 Å². The first-order valence-corrected chi connectivity index (χ1v) is 8.58. The van der Waals surface area contributed by atoms with Gasteiger partial charge in [-0.1, -0.05) is 12.1 Å². The third kappa shape index (κ3) is 6.47. The summed E-state index contributed by atoms with van der Waals surface area (Å²) in [4.78, 5) is 0. The van der Waals surface area contributed by atoms with E-state index >= 15 is 0 Å². The van der Waals surface area contributed by atoms with Gasteiger partial charge in [-0.15, -0.1) is 11.6 Å². The quantitative estimate of drug-likeness (QED) is 0.282. The monoisotopic (exact) mass is 365 g/mol. The lowest BCUT2D eigenvalue weighted by Crippen LogP contribution is -2.04. The van der Waals surface area contributed by atoms with E-state index in [9.17, 15) is 0 Å². The minimum atomic E-state index is 0.488. The van der Waals surface area contributed by atoms with E-state index in [1.165, 1.54) is 12.0 Å². The van der Waals surface area contributed by atoms with Crippen LogP contribution in [0.25, 0.3) is 0 Å². The summed E-state index contributed by atoms with van der Waals surface area (Å²) >= 11 is 10.7. The van der Waals surface area contributed by atoms with Crippen LogP contribution in [0.4, 0.5) is 0 Å². The van der Waals surface area contributed by atoms with Gasteiger partial charge in [0.15, 0.2) is 0 Å². The molecule has 0 heterocycles. The van der Waals surface area contributed by atoms with Crippen molar-refractivity contribution in [1.82, 2.24) is 0 Å². The molecule has 0 unspecified atom stereocenters. The number of benzene rings is 1. The summed E-state index contributed by atoms with van der Waals surface area (Å²) in [7, 11) is 3.42. The lowest BCUT2D eigenvalue weighted by Gasteiger charge is -2.09. The van der Waals surface area contributed by atoms with Gasteiger partial charge in [0.2, 0.25) is 0 Å². The SMILES string of the molecule is [Si]CCCSOCCOc1cc(CCl)ccc1Br. The minimum Gasteiger partial charge on any atom is -0.490 e. The van der Waals surface area contributed by atoms with Crippen LogP contribution in [0.2, 0.25) is 6.04 Å². The Balaban J connectivity index is 2.22. The van der Waals surface area contributed by atoms with Gasteiger partial charge in [0, 0.05) is 21.9 Å². The molecule has 1 rings (SSSR count). The van der Waals surface area contributed by atoms with E-state index in [1.807, 2.05) is 18.2 Å². The van der Waals surface area contributed by atoms with Crippen molar-refractivity contribution < 1.29 is 8.92 Å². The number of halogens is 2. The Kier molecular flexibility index (Phi) is 9.23. The van der Waals surface area contributed by atoms with Crippen molar-refractivity contribution in [2.45, 2.75) is 18.3 Å². The Morgan fingerprint density at radius 2 is 2.17 bits per heavy atom. The zero-order chi connectivity index (χ0) is 13.2. The fourth-order valence-corrected chi connectivity index (χ4v) is 2.70. The van der Waals surface area contributed by atoms with Gasteiger partial charge in [-0.25, -0.2) is 0 Å². The molecule has 0 aliphatic rings. The van der Waals surface area contributed by atoms with Crippen LogP contribution in [0.5, 0.6) is 5.75 Å². The molecule has 0 fully saturated rings. The summed E-state index contributed by atoms with van der Waals surface area (Å²) in [6, 6.07) is 6.86. The fraction of sp³-hybridized carbons (Fsp3) is 0.500. The van der Waals surface area contributed by atoms with Crippen molar-refractivity contribution in [3.8, 4) is 5.75 Å². The van der Waals surface area contributed by atoms with Crippen LogP contribution in [0, 0.1) is 0 Å². The van der Waals surface area contributed by atoms with Gasteiger partial charge in [0.1, 0.15) is 12.4 Å². The Labute approximate surface area is 130 Å². The van der Waals surface area contributed by atoms with Crippen LogP contribution >= 0.6 is 39.6 Å². The lowest BCUT2D eigenvalue weighted by molar-refractivity contribution is 0.237. The van der Waals surface area contributed by atoms with Crippen LogP contribution in [-0.2, 0) is 10.1 Å². The molecule has 0 aromatic heterocycles. The zero-order valence-corrected chi connectivity index (χ0v) is 14.1. The van der Waals surface area contributed by atoms with E-state index in [1.54, 1.807) is 0 Å². The van der Waals surface area contributed by atoms with E-state index in [2.05, 4.69) is 26.2 Å². The maximum absolute atomic E-state index is 5.78. The molecule has 0 bridgehead atoms. The van der Waals surface area contributed by atoms with Crippen molar-refractivity contribution in [3.63, 3.8) is 0 Å². The average Bonchev–Trinajstić information content (AvgIpc) is 2.39. The molecule has 6 heteroatoms. The van der Waals surface area contributed by atoms with E-state index in [-0.39, 0.29) is 0 Å². The van der Waals surface area contributed by atoms with Crippen LogP contribution in [0.15, 0.2) is 22.7 Å². The molecule has 0 saturated carbocycles. The van der Waals surface area contributed by atoms with Gasteiger partial charge < -0.3 is 8.92 Å². The summed E-state index contributed by atoms with van der Waals surface area (Å²) in [5.74, 6) is 2.29. The standard InChI is InChI=1S/C12H15BrClO2SSi/c13-11-3-2-10(9-14)8-12(11)15-4-5-16-17-6-1-7-18/h2-3,8H,1,4-7,9H2. The number of rotatable bonds is 9. The third-order valence-electron chi connectivity index (χ3n) is 2.06. The predicted molar refractivity (Wildman–Crippen MR) is 82.8 cm³/mol. The van der Waals surface area contributed by atoms with Crippen LogP contribution in [0.1, 0.15) is 12.0 Å². The maximum atomic E-state index is 5.78. The van der Waals surface area contributed by atoms with Gasteiger partial charge in [0.25, 0.3) is 0 Å². The zero-order valence-electron chi connectivity index (χ0n) is 9.96. The summed E-state index contributed by atoms with van der Waals surface area (Å²) in [6.07, 6.45) is 1.10. The van der Waals surface area contributed by atoms with Crippen molar-refractivity contribution >= 4 is 49.8 Å². The Morgan fingerprint density at radius 1 is 1.33 bits per heavy atom. The molecule has 1 aromatic rings. The predicted octanol–water partition coefficient (Wildman–Crippen LogP) is 4.21. The molecule has 0 N–H and O–H groups in total.